The summed E-state index contributed by atoms with van der Waals surface area (Å²) >= 11 is 0. The highest BCUT2D eigenvalue weighted by molar-refractivity contribution is 5.76. The van der Waals surface area contributed by atoms with Crippen LogP contribution in [-0.2, 0) is 0 Å². The van der Waals surface area contributed by atoms with Crippen LogP contribution in [0, 0.1) is 11.3 Å². The molecule has 0 saturated carbocycles. The molecule has 0 aliphatic heterocycles. The third-order valence-corrected chi connectivity index (χ3v) is 1.90. The van der Waals surface area contributed by atoms with Crippen molar-refractivity contribution in [2.45, 2.75) is 6.42 Å². The first-order valence-corrected chi connectivity index (χ1v) is 4.34. The van der Waals surface area contributed by atoms with Crippen LogP contribution < -0.4 is 5.32 Å². The summed E-state index contributed by atoms with van der Waals surface area (Å²) in [4.78, 5) is 4.01. The molecule has 0 bridgehead atoms. The Morgan fingerprint density at radius 2 is 2.43 bits per heavy atom. The largest absolute Gasteiger partial charge is 0.443 e. The molecule has 1 aromatic heterocycles. The fraction of sp³-hybridized carbons (Fsp3) is 0.200. The zero-order chi connectivity index (χ0) is 9.80. The molecule has 0 spiro atoms. The van der Waals surface area contributed by atoms with E-state index in [9.17, 15) is 0 Å². The molecule has 0 unspecified atom stereocenters. The number of anilines is 1. The topological polar surface area (TPSA) is 61.9 Å². The van der Waals surface area contributed by atoms with E-state index in [1.165, 1.54) is 6.39 Å². The van der Waals surface area contributed by atoms with E-state index in [0.29, 0.717) is 13.0 Å². The van der Waals surface area contributed by atoms with Crippen LogP contribution in [0.4, 0.5) is 5.69 Å². The van der Waals surface area contributed by atoms with E-state index in [4.69, 9.17) is 9.68 Å². The minimum absolute atomic E-state index is 0.494. The number of hydrogen-bond donors (Lipinski definition) is 1. The molecule has 4 nitrogen and oxygen atoms in total. The fourth-order valence-corrected chi connectivity index (χ4v) is 1.23. The molecule has 4 heteroatoms. The van der Waals surface area contributed by atoms with Crippen LogP contribution in [0.5, 0.6) is 0 Å². The first-order chi connectivity index (χ1) is 6.90. The molecule has 0 saturated heterocycles. The van der Waals surface area contributed by atoms with Crippen molar-refractivity contribution in [1.82, 2.24) is 4.98 Å². The number of oxazole rings is 1. The minimum atomic E-state index is 0.494. The average Bonchev–Trinajstić information content (AvgIpc) is 2.65. The molecule has 2 aromatic rings. The first kappa shape index (κ1) is 8.57. The lowest BCUT2D eigenvalue weighted by molar-refractivity contribution is 0.602. The van der Waals surface area contributed by atoms with Crippen molar-refractivity contribution >= 4 is 16.8 Å². The van der Waals surface area contributed by atoms with Gasteiger partial charge in [-0.25, -0.2) is 4.98 Å². The molecule has 0 radical (unpaired) electrons. The summed E-state index contributed by atoms with van der Waals surface area (Å²) in [6.45, 7) is 0.649. The quantitative estimate of drug-likeness (QED) is 0.748. The second-order valence-corrected chi connectivity index (χ2v) is 2.87. The van der Waals surface area contributed by atoms with Gasteiger partial charge in [-0.05, 0) is 12.1 Å². The standard InChI is InChI=1S/C10H9N3O/c11-4-1-5-12-8-2-3-9-10(6-8)14-7-13-9/h2-3,6-7,12H,1,5H2. The van der Waals surface area contributed by atoms with Gasteiger partial charge in [0.25, 0.3) is 0 Å². The van der Waals surface area contributed by atoms with Crippen LogP contribution in [0.25, 0.3) is 11.1 Å². The second-order valence-electron chi connectivity index (χ2n) is 2.87. The molecule has 70 valence electrons. The number of nitriles is 1. The molecular weight excluding hydrogens is 178 g/mol. The van der Waals surface area contributed by atoms with E-state index in [0.717, 1.165) is 16.8 Å². The molecule has 2 rings (SSSR count). The predicted octanol–water partition coefficient (Wildman–Crippen LogP) is 2.15. The summed E-state index contributed by atoms with van der Waals surface area (Å²) < 4.78 is 5.15. The number of nitrogens with zero attached hydrogens (tertiary/aromatic N) is 2. The van der Waals surface area contributed by atoms with Crippen LogP contribution in [0.1, 0.15) is 6.42 Å². The maximum atomic E-state index is 8.36. The summed E-state index contributed by atoms with van der Waals surface area (Å²) in [5, 5.41) is 11.5. The van der Waals surface area contributed by atoms with Crippen LogP contribution in [0.3, 0.4) is 0 Å². The number of rotatable bonds is 3. The SMILES string of the molecule is N#CCCNc1ccc2ncoc2c1. The lowest BCUT2D eigenvalue weighted by atomic mass is 10.3. The molecule has 1 N–H and O–H groups in total. The Labute approximate surface area is 81.2 Å². The Kier molecular flexibility index (Phi) is 2.32. The lowest BCUT2D eigenvalue weighted by Crippen LogP contribution is -1.99. The van der Waals surface area contributed by atoms with Gasteiger partial charge in [0.2, 0.25) is 0 Å². The lowest BCUT2D eigenvalue weighted by Gasteiger charge is -2.01. The minimum Gasteiger partial charge on any atom is -0.443 e. The van der Waals surface area contributed by atoms with Gasteiger partial charge < -0.3 is 9.73 Å². The maximum Gasteiger partial charge on any atom is 0.181 e. The van der Waals surface area contributed by atoms with Gasteiger partial charge in [0, 0.05) is 18.3 Å². The van der Waals surface area contributed by atoms with Crippen LogP contribution in [0.15, 0.2) is 29.0 Å². The molecule has 0 amide bonds. The molecule has 1 heterocycles. The van der Waals surface area contributed by atoms with Crippen molar-refractivity contribution < 1.29 is 4.42 Å². The molecule has 1 aromatic carbocycles. The maximum absolute atomic E-state index is 8.36. The number of fused-ring (bicyclic) bond motifs is 1. The zero-order valence-electron chi connectivity index (χ0n) is 7.53. The van der Waals surface area contributed by atoms with Gasteiger partial charge in [-0.1, -0.05) is 0 Å². The molecule has 0 atom stereocenters. The second kappa shape index (κ2) is 3.79. The van der Waals surface area contributed by atoms with E-state index in [1.807, 2.05) is 18.2 Å². The number of benzene rings is 1. The normalized spacial score (nSPS) is 9.93. The van der Waals surface area contributed by atoms with Crippen molar-refractivity contribution in [2.24, 2.45) is 0 Å². The summed E-state index contributed by atoms with van der Waals surface area (Å²) in [7, 11) is 0. The average molecular weight is 187 g/mol. The van der Waals surface area contributed by atoms with E-state index in [2.05, 4.69) is 16.4 Å². The molecule has 0 aliphatic rings. The fourth-order valence-electron chi connectivity index (χ4n) is 1.23. The zero-order valence-corrected chi connectivity index (χ0v) is 7.53. The number of hydrogen-bond acceptors (Lipinski definition) is 4. The monoisotopic (exact) mass is 187 g/mol. The number of aromatic nitrogens is 1. The number of nitrogens with one attached hydrogen (secondary N) is 1. The Morgan fingerprint density at radius 1 is 1.50 bits per heavy atom. The van der Waals surface area contributed by atoms with Crippen molar-refractivity contribution in [3.63, 3.8) is 0 Å². The summed E-state index contributed by atoms with van der Waals surface area (Å²) in [6.07, 6.45) is 1.91. The smallest absolute Gasteiger partial charge is 0.181 e. The molecule has 14 heavy (non-hydrogen) atoms. The van der Waals surface area contributed by atoms with E-state index >= 15 is 0 Å². The van der Waals surface area contributed by atoms with Gasteiger partial charge in [-0.15, -0.1) is 0 Å². The van der Waals surface area contributed by atoms with E-state index < -0.39 is 0 Å². The van der Waals surface area contributed by atoms with Gasteiger partial charge in [0.15, 0.2) is 12.0 Å². The van der Waals surface area contributed by atoms with Gasteiger partial charge in [-0.3, -0.25) is 0 Å². The highest BCUT2D eigenvalue weighted by Crippen LogP contribution is 2.17. The van der Waals surface area contributed by atoms with Crippen molar-refractivity contribution in [3.05, 3.63) is 24.6 Å². The molecule has 0 fully saturated rings. The third kappa shape index (κ3) is 1.67. The Hall–Kier alpha value is -2.02. The Morgan fingerprint density at radius 3 is 3.29 bits per heavy atom. The Bertz CT molecular complexity index is 469. The molecular formula is C10H9N3O. The van der Waals surface area contributed by atoms with Crippen molar-refractivity contribution in [2.75, 3.05) is 11.9 Å². The third-order valence-electron chi connectivity index (χ3n) is 1.90. The predicted molar refractivity (Wildman–Crippen MR) is 52.7 cm³/mol. The first-order valence-electron chi connectivity index (χ1n) is 4.34. The van der Waals surface area contributed by atoms with Gasteiger partial charge in [0.05, 0.1) is 12.5 Å². The van der Waals surface area contributed by atoms with Crippen molar-refractivity contribution in [1.29, 1.82) is 5.26 Å². The molecule has 0 aliphatic carbocycles. The highest BCUT2D eigenvalue weighted by Gasteiger charge is 1.98. The summed E-state index contributed by atoms with van der Waals surface area (Å²) in [5.74, 6) is 0. The van der Waals surface area contributed by atoms with Gasteiger partial charge >= 0.3 is 0 Å². The van der Waals surface area contributed by atoms with Crippen LogP contribution in [-0.4, -0.2) is 11.5 Å². The van der Waals surface area contributed by atoms with Crippen LogP contribution >= 0.6 is 0 Å². The van der Waals surface area contributed by atoms with E-state index in [-0.39, 0.29) is 0 Å². The van der Waals surface area contributed by atoms with Gasteiger partial charge in [0.1, 0.15) is 5.52 Å². The van der Waals surface area contributed by atoms with Gasteiger partial charge in [-0.2, -0.15) is 5.26 Å². The summed E-state index contributed by atoms with van der Waals surface area (Å²) in [6, 6.07) is 7.75. The van der Waals surface area contributed by atoms with Crippen molar-refractivity contribution in [3.8, 4) is 6.07 Å². The summed E-state index contributed by atoms with van der Waals surface area (Å²) in [5.41, 5.74) is 2.55. The Balaban J connectivity index is 2.14. The van der Waals surface area contributed by atoms with Crippen LogP contribution in [0.2, 0.25) is 0 Å². The highest BCUT2D eigenvalue weighted by atomic mass is 16.3. The van der Waals surface area contributed by atoms with E-state index in [1.54, 1.807) is 0 Å².